The molecule has 0 aromatic heterocycles. The molecule has 2 aromatic carbocycles. The van der Waals surface area contributed by atoms with E-state index >= 15 is 0 Å². The molecule has 7 nitrogen and oxygen atoms in total. The maximum atomic E-state index is 12.4. The van der Waals surface area contributed by atoms with Crippen LogP contribution in [0.25, 0.3) is 11.1 Å². The molecule has 0 heterocycles. The Kier molecular flexibility index (Phi) is 6.67. The molecule has 1 unspecified atom stereocenters. The Morgan fingerprint density at radius 3 is 2.18 bits per heavy atom. The highest BCUT2D eigenvalue weighted by molar-refractivity contribution is 5.83. The molecular weight excluding hydrogens is 420 g/mol. The summed E-state index contributed by atoms with van der Waals surface area (Å²) in [5.74, 6) is -0.998. The molecule has 1 atom stereocenters. The lowest BCUT2D eigenvalue weighted by atomic mass is 9.78. The molecular formula is C26H30N2O5. The summed E-state index contributed by atoms with van der Waals surface area (Å²) >= 11 is 0. The molecule has 33 heavy (non-hydrogen) atoms. The first-order valence-corrected chi connectivity index (χ1v) is 11.5. The minimum Gasteiger partial charge on any atom is -0.480 e. The maximum absolute atomic E-state index is 12.4. The molecule has 0 aliphatic heterocycles. The van der Waals surface area contributed by atoms with E-state index < -0.39 is 18.1 Å². The third-order valence-electron chi connectivity index (χ3n) is 6.90. The van der Waals surface area contributed by atoms with Crippen LogP contribution in [-0.4, -0.2) is 53.7 Å². The summed E-state index contributed by atoms with van der Waals surface area (Å²) < 4.78 is 5.58. The van der Waals surface area contributed by atoms with E-state index in [0.29, 0.717) is 25.7 Å². The van der Waals surface area contributed by atoms with Crippen LogP contribution in [0, 0.1) is 5.92 Å². The lowest BCUT2D eigenvalue weighted by Gasteiger charge is -2.36. The van der Waals surface area contributed by atoms with E-state index in [1.54, 1.807) is 6.92 Å². The number of carboxylic acids is 1. The van der Waals surface area contributed by atoms with Crippen LogP contribution in [0.5, 0.6) is 0 Å². The minimum absolute atomic E-state index is 0.0196. The molecule has 1 saturated carbocycles. The predicted molar refractivity (Wildman–Crippen MR) is 124 cm³/mol. The van der Waals surface area contributed by atoms with E-state index in [1.165, 1.54) is 34.2 Å². The number of aliphatic carboxylic acids is 1. The third kappa shape index (κ3) is 4.72. The fraction of sp³-hybridized carbons (Fsp3) is 0.423. The van der Waals surface area contributed by atoms with Crippen molar-refractivity contribution in [2.75, 3.05) is 13.7 Å². The maximum Gasteiger partial charge on any atom is 0.407 e. The number of rotatable bonds is 8. The summed E-state index contributed by atoms with van der Waals surface area (Å²) in [7, 11) is 1.54. The van der Waals surface area contributed by atoms with Crippen molar-refractivity contribution in [3.8, 4) is 11.1 Å². The van der Waals surface area contributed by atoms with Crippen molar-refractivity contribution in [2.24, 2.45) is 5.92 Å². The molecule has 2 amide bonds. The summed E-state index contributed by atoms with van der Waals surface area (Å²) in [5.41, 5.74) is 4.72. The Morgan fingerprint density at radius 2 is 1.64 bits per heavy atom. The van der Waals surface area contributed by atoms with Crippen molar-refractivity contribution in [3.63, 3.8) is 0 Å². The first kappa shape index (κ1) is 22.8. The van der Waals surface area contributed by atoms with Gasteiger partial charge in [0.15, 0.2) is 0 Å². The van der Waals surface area contributed by atoms with Gasteiger partial charge in [-0.05, 0) is 47.4 Å². The van der Waals surface area contributed by atoms with Crippen LogP contribution in [0.2, 0.25) is 0 Å². The van der Waals surface area contributed by atoms with Crippen molar-refractivity contribution in [1.82, 2.24) is 10.2 Å². The number of fused-ring (bicyclic) bond motifs is 3. The van der Waals surface area contributed by atoms with Crippen LogP contribution in [0.15, 0.2) is 48.5 Å². The molecule has 2 aliphatic rings. The molecule has 174 valence electrons. The second-order valence-electron chi connectivity index (χ2n) is 8.98. The van der Waals surface area contributed by atoms with Gasteiger partial charge in [0.25, 0.3) is 0 Å². The first-order valence-electron chi connectivity index (χ1n) is 11.5. The second kappa shape index (κ2) is 9.65. The average molecular weight is 451 g/mol. The van der Waals surface area contributed by atoms with Crippen LogP contribution < -0.4 is 5.32 Å². The molecule has 2 aromatic rings. The fourth-order valence-electron chi connectivity index (χ4n) is 5.01. The molecule has 0 bridgehead atoms. The number of hydrogen-bond donors (Lipinski definition) is 2. The number of nitrogens with zero attached hydrogens (tertiary/aromatic N) is 1. The molecule has 0 spiro atoms. The second-order valence-corrected chi connectivity index (χ2v) is 8.98. The van der Waals surface area contributed by atoms with Gasteiger partial charge in [-0.3, -0.25) is 4.79 Å². The highest BCUT2D eigenvalue weighted by atomic mass is 16.5. The monoisotopic (exact) mass is 450 g/mol. The zero-order valence-corrected chi connectivity index (χ0v) is 19.0. The number of likely N-dealkylation sites (N-methyl/N-ethyl adjacent to an activating group) is 1. The number of ether oxygens (including phenoxy) is 1. The van der Waals surface area contributed by atoms with Gasteiger partial charge in [-0.25, -0.2) is 9.59 Å². The minimum atomic E-state index is -0.989. The normalized spacial score (nSPS) is 19.6. The Labute approximate surface area is 193 Å². The highest BCUT2D eigenvalue weighted by Crippen LogP contribution is 2.44. The number of benzene rings is 2. The van der Waals surface area contributed by atoms with E-state index in [1.807, 2.05) is 24.3 Å². The Hall–Kier alpha value is -3.35. The molecule has 0 saturated heterocycles. The van der Waals surface area contributed by atoms with Gasteiger partial charge < -0.3 is 20.1 Å². The van der Waals surface area contributed by atoms with E-state index in [4.69, 9.17) is 4.74 Å². The van der Waals surface area contributed by atoms with Crippen molar-refractivity contribution < 1.29 is 24.2 Å². The number of nitrogens with one attached hydrogen (secondary N) is 1. The van der Waals surface area contributed by atoms with Gasteiger partial charge in [-0.15, -0.1) is 0 Å². The third-order valence-corrected chi connectivity index (χ3v) is 6.90. The number of amides is 2. The van der Waals surface area contributed by atoms with Gasteiger partial charge in [-0.1, -0.05) is 55.5 Å². The molecule has 4 rings (SSSR count). The Balaban J connectivity index is 1.24. The number of hydrogen-bond acceptors (Lipinski definition) is 4. The summed E-state index contributed by atoms with van der Waals surface area (Å²) in [6.45, 7) is 2.02. The van der Waals surface area contributed by atoms with E-state index in [2.05, 4.69) is 29.6 Å². The van der Waals surface area contributed by atoms with Gasteiger partial charge in [0.05, 0.1) is 0 Å². The highest BCUT2D eigenvalue weighted by Gasteiger charge is 2.35. The van der Waals surface area contributed by atoms with Crippen LogP contribution in [0.3, 0.4) is 0 Å². The Bertz CT molecular complexity index is 1000. The fourth-order valence-corrected chi connectivity index (χ4v) is 5.01. The molecule has 2 aliphatic carbocycles. The van der Waals surface area contributed by atoms with Crippen molar-refractivity contribution in [3.05, 3.63) is 59.7 Å². The zero-order chi connectivity index (χ0) is 23.5. The average Bonchev–Trinajstić information content (AvgIpc) is 3.10. The first-order chi connectivity index (χ1) is 15.9. The van der Waals surface area contributed by atoms with Crippen LogP contribution in [0.1, 0.15) is 49.7 Å². The summed E-state index contributed by atoms with van der Waals surface area (Å²) in [6.07, 6.45) is 1.60. The molecule has 7 heteroatoms. The van der Waals surface area contributed by atoms with E-state index in [-0.39, 0.29) is 30.4 Å². The number of carbonyl (C=O) groups excluding carboxylic acids is 2. The number of carboxylic acid groups (broad SMARTS) is 1. The number of alkyl carbamates (subject to hydrolysis) is 1. The molecule has 2 N–H and O–H groups in total. The lowest BCUT2D eigenvalue weighted by Crippen LogP contribution is -2.47. The van der Waals surface area contributed by atoms with E-state index in [0.717, 1.165) is 0 Å². The number of carbonyl (C=O) groups is 3. The summed E-state index contributed by atoms with van der Waals surface area (Å²) in [6, 6.07) is 15.6. The predicted octanol–water partition coefficient (Wildman–Crippen LogP) is 4.02. The van der Waals surface area contributed by atoms with Crippen molar-refractivity contribution in [2.45, 2.75) is 50.6 Å². The molecule has 0 radical (unpaired) electrons. The van der Waals surface area contributed by atoms with Crippen LogP contribution in [-0.2, 0) is 14.3 Å². The lowest BCUT2D eigenvalue weighted by molar-refractivity contribution is -0.149. The summed E-state index contributed by atoms with van der Waals surface area (Å²) in [5, 5.41) is 12.1. The summed E-state index contributed by atoms with van der Waals surface area (Å²) in [4.78, 5) is 37.3. The topological polar surface area (TPSA) is 95.9 Å². The SMILES string of the molecule is CCC(C(=O)O)N(C)C(=O)CC1CC(NC(=O)OCC2c3ccccc3-c3ccccc32)C1. The van der Waals surface area contributed by atoms with Gasteiger partial charge in [-0.2, -0.15) is 0 Å². The smallest absolute Gasteiger partial charge is 0.407 e. The molecule has 1 fully saturated rings. The van der Waals surface area contributed by atoms with Gasteiger partial charge in [0.2, 0.25) is 5.91 Å². The van der Waals surface area contributed by atoms with Gasteiger partial charge in [0.1, 0.15) is 12.6 Å². The van der Waals surface area contributed by atoms with Crippen molar-refractivity contribution in [1.29, 1.82) is 0 Å². The van der Waals surface area contributed by atoms with Gasteiger partial charge >= 0.3 is 12.1 Å². The van der Waals surface area contributed by atoms with Gasteiger partial charge in [0, 0.05) is 25.4 Å². The Morgan fingerprint density at radius 1 is 1.06 bits per heavy atom. The largest absolute Gasteiger partial charge is 0.480 e. The van der Waals surface area contributed by atoms with Crippen molar-refractivity contribution >= 4 is 18.0 Å². The van der Waals surface area contributed by atoms with Crippen LogP contribution in [0.4, 0.5) is 4.79 Å². The quantitative estimate of drug-likeness (QED) is 0.633. The zero-order valence-electron chi connectivity index (χ0n) is 19.0. The van der Waals surface area contributed by atoms with Crippen LogP contribution >= 0.6 is 0 Å². The van der Waals surface area contributed by atoms with E-state index in [9.17, 15) is 19.5 Å². The standard InChI is InChI=1S/C26H30N2O5/c1-3-23(25(30)31)28(2)24(29)14-16-12-17(13-16)27-26(32)33-15-22-20-10-6-4-8-18(20)19-9-5-7-11-21(19)22/h4-11,16-17,22-23H,3,12-15H2,1-2H3,(H,27,32)(H,30,31).